The first-order valence-electron chi connectivity index (χ1n) is 17.2. The van der Waals surface area contributed by atoms with Gasteiger partial charge in [-0.1, -0.05) is 109 Å². The summed E-state index contributed by atoms with van der Waals surface area (Å²) in [5, 5.41) is 14.2. The zero-order valence-electron chi connectivity index (χ0n) is 27.8. The van der Waals surface area contributed by atoms with E-state index in [2.05, 4.69) is 106 Å². The molecule has 3 aromatic heterocycles. The molecule has 6 nitrogen and oxygen atoms in total. The van der Waals surface area contributed by atoms with Crippen LogP contribution in [0.15, 0.2) is 170 Å². The maximum atomic E-state index is 9.73. The number of nitrogens with zero attached hydrogens (tertiary/aromatic N) is 6. The fraction of sp³-hybridized carbons (Fsp3) is 0. The van der Waals surface area contributed by atoms with Crippen molar-refractivity contribution < 1.29 is 0 Å². The number of hydrogen-bond acceptors (Lipinski definition) is 4. The van der Waals surface area contributed by atoms with Crippen LogP contribution in [-0.4, -0.2) is 24.1 Å². The Kier molecular flexibility index (Phi) is 6.76. The number of benzene rings is 7. The van der Waals surface area contributed by atoms with E-state index < -0.39 is 0 Å². The van der Waals surface area contributed by atoms with E-state index in [1.54, 1.807) is 0 Å². The second kappa shape index (κ2) is 11.9. The molecule has 0 spiro atoms. The number of aromatic nitrogens is 5. The highest BCUT2D eigenvalue weighted by molar-refractivity contribution is 6.11. The fourth-order valence-corrected chi connectivity index (χ4v) is 7.53. The molecule has 0 aliphatic rings. The molecule has 0 aliphatic carbocycles. The number of fused-ring (bicyclic) bond motifs is 6. The average Bonchev–Trinajstić information content (AvgIpc) is 3.73. The van der Waals surface area contributed by atoms with Crippen molar-refractivity contribution in [2.24, 2.45) is 0 Å². The lowest BCUT2D eigenvalue weighted by Crippen LogP contribution is -2.05. The Bertz CT molecular complexity index is 2980. The molecular weight excluding hydrogens is 637 g/mol. The normalized spacial score (nSPS) is 11.4. The number of nitriles is 1. The Morgan fingerprint density at radius 2 is 0.808 bits per heavy atom. The summed E-state index contributed by atoms with van der Waals surface area (Å²) < 4.78 is 4.56. The van der Waals surface area contributed by atoms with E-state index in [0.717, 1.165) is 60.9 Å². The minimum absolute atomic E-state index is 0.566. The van der Waals surface area contributed by atoms with Gasteiger partial charge in [-0.25, -0.2) is 15.0 Å². The van der Waals surface area contributed by atoms with Crippen molar-refractivity contribution in [3.63, 3.8) is 0 Å². The van der Waals surface area contributed by atoms with Gasteiger partial charge >= 0.3 is 0 Å². The Morgan fingerprint density at radius 1 is 0.385 bits per heavy atom. The highest BCUT2D eigenvalue weighted by Gasteiger charge is 2.21. The molecule has 0 amide bonds. The van der Waals surface area contributed by atoms with Gasteiger partial charge in [0.25, 0.3) is 0 Å². The van der Waals surface area contributed by atoms with Gasteiger partial charge < -0.3 is 9.13 Å². The number of hydrogen-bond donors (Lipinski definition) is 0. The minimum atomic E-state index is 0.566. The third-order valence-electron chi connectivity index (χ3n) is 9.82. The largest absolute Gasteiger partial charge is 0.309 e. The van der Waals surface area contributed by atoms with Gasteiger partial charge in [0.15, 0.2) is 17.5 Å². The van der Waals surface area contributed by atoms with E-state index >= 15 is 0 Å². The van der Waals surface area contributed by atoms with Crippen LogP contribution in [0.3, 0.4) is 0 Å². The molecular formula is C46H28N6. The molecule has 10 aromatic rings. The van der Waals surface area contributed by atoms with Crippen LogP contribution in [-0.2, 0) is 0 Å². The molecule has 52 heavy (non-hydrogen) atoms. The fourth-order valence-electron chi connectivity index (χ4n) is 7.53. The zero-order chi connectivity index (χ0) is 34.6. The van der Waals surface area contributed by atoms with E-state index in [-0.39, 0.29) is 0 Å². The topological polar surface area (TPSA) is 72.3 Å². The summed E-state index contributed by atoms with van der Waals surface area (Å²) in [4.78, 5) is 15.6. The first-order valence-corrected chi connectivity index (χ1v) is 17.2. The van der Waals surface area contributed by atoms with Gasteiger partial charge in [-0.05, 0) is 60.7 Å². The summed E-state index contributed by atoms with van der Waals surface area (Å²) >= 11 is 0. The summed E-state index contributed by atoms with van der Waals surface area (Å²) in [5.41, 5.74) is 9.48. The van der Waals surface area contributed by atoms with E-state index in [0.29, 0.717) is 23.0 Å². The summed E-state index contributed by atoms with van der Waals surface area (Å²) in [6, 6.07) is 60.2. The number of para-hydroxylation sites is 5. The first-order chi connectivity index (χ1) is 25.8. The number of rotatable bonds is 5. The molecule has 6 heteroatoms. The molecule has 0 unspecified atom stereocenters. The van der Waals surface area contributed by atoms with Crippen molar-refractivity contribution in [1.29, 1.82) is 5.26 Å². The van der Waals surface area contributed by atoms with E-state index in [4.69, 9.17) is 15.0 Å². The second-order valence-electron chi connectivity index (χ2n) is 12.8. The summed E-state index contributed by atoms with van der Waals surface area (Å²) in [5.74, 6) is 1.74. The lowest BCUT2D eigenvalue weighted by molar-refractivity contribution is 1.06. The molecule has 0 radical (unpaired) electrons. The molecule has 0 N–H and O–H groups in total. The van der Waals surface area contributed by atoms with Crippen molar-refractivity contribution in [1.82, 2.24) is 24.1 Å². The van der Waals surface area contributed by atoms with Gasteiger partial charge in [-0.2, -0.15) is 5.26 Å². The molecule has 0 bridgehead atoms. The molecule has 0 saturated carbocycles. The Labute approximate surface area is 299 Å². The van der Waals surface area contributed by atoms with Crippen LogP contribution in [0.2, 0.25) is 0 Å². The standard InChI is InChI=1S/C46H28N6/c47-29-30-26-27-43-37(28-30)34-18-6-11-23-40(34)52(43)42-25-13-8-20-36(42)46-49-44(31-14-2-1-3-15-31)48-45(50-46)35-19-7-12-24-41(35)51-38-21-9-4-16-32(38)33-17-5-10-22-39(33)51/h1-28H. The average molecular weight is 665 g/mol. The van der Waals surface area contributed by atoms with E-state index in [1.165, 1.54) is 10.8 Å². The highest BCUT2D eigenvalue weighted by Crippen LogP contribution is 2.38. The van der Waals surface area contributed by atoms with Crippen molar-refractivity contribution in [3.05, 3.63) is 175 Å². The monoisotopic (exact) mass is 664 g/mol. The molecule has 242 valence electrons. The van der Waals surface area contributed by atoms with Crippen molar-refractivity contribution in [2.75, 3.05) is 0 Å². The predicted molar refractivity (Wildman–Crippen MR) is 210 cm³/mol. The minimum Gasteiger partial charge on any atom is -0.309 e. The van der Waals surface area contributed by atoms with E-state index in [9.17, 15) is 5.26 Å². The van der Waals surface area contributed by atoms with Crippen LogP contribution in [0.5, 0.6) is 0 Å². The molecule has 0 fully saturated rings. The van der Waals surface area contributed by atoms with Gasteiger partial charge in [-0.15, -0.1) is 0 Å². The van der Waals surface area contributed by atoms with Gasteiger partial charge in [0.2, 0.25) is 0 Å². The molecule has 3 heterocycles. The van der Waals surface area contributed by atoms with Crippen LogP contribution in [0.4, 0.5) is 0 Å². The highest BCUT2D eigenvalue weighted by atomic mass is 15.1. The molecule has 0 aliphatic heterocycles. The van der Waals surface area contributed by atoms with Gasteiger partial charge in [0.05, 0.1) is 45.1 Å². The van der Waals surface area contributed by atoms with Gasteiger partial charge in [0, 0.05) is 38.2 Å². The van der Waals surface area contributed by atoms with Gasteiger partial charge in [0.1, 0.15) is 0 Å². The SMILES string of the molecule is N#Cc1ccc2c(c1)c1ccccc1n2-c1ccccc1-c1nc(-c2ccccc2)nc(-c2ccccc2-n2c3ccccc3c3ccccc32)n1. The smallest absolute Gasteiger partial charge is 0.166 e. The predicted octanol–water partition coefficient (Wildman–Crippen LogP) is 10.9. The maximum Gasteiger partial charge on any atom is 0.166 e. The van der Waals surface area contributed by atoms with Crippen molar-refractivity contribution in [2.45, 2.75) is 0 Å². The van der Waals surface area contributed by atoms with Crippen LogP contribution < -0.4 is 0 Å². The molecule has 0 saturated heterocycles. The molecule has 7 aromatic carbocycles. The lowest BCUT2D eigenvalue weighted by Gasteiger charge is -2.16. The van der Waals surface area contributed by atoms with E-state index in [1.807, 2.05) is 78.9 Å². The van der Waals surface area contributed by atoms with Crippen LogP contribution >= 0.6 is 0 Å². The Morgan fingerprint density at radius 3 is 1.35 bits per heavy atom. The summed E-state index contributed by atoms with van der Waals surface area (Å²) in [6.07, 6.45) is 0. The third kappa shape index (κ3) is 4.61. The second-order valence-corrected chi connectivity index (χ2v) is 12.8. The maximum absolute atomic E-state index is 9.73. The van der Waals surface area contributed by atoms with Crippen LogP contribution in [0.25, 0.3) is 89.2 Å². The zero-order valence-corrected chi connectivity index (χ0v) is 27.8. The third-order valence-corrected chi connectivity index (χ3v) is 9.82. The lowest BCUT2D eigenvalue weighted by atomic mass is 10.1. The Balaban J connectivity index is 1.25. The van der Waals surface area contributed by atoms with Crippen molar-refractivity contribution >= 4 is 43.6 Å². The summed E-state index contributed by atoms with van der Waals surface area (Å²) in [6.45, 7) is 0. The van der Waals surface area contributed by atoms with Crippen LogP contribution in [0.1, 0.15) is 5.56 Å². The summed E-state index contributed by atoms with van der Waals surface area (Å²) in [7, 11) is 0. The van der Waals surface area contributed by atoms with Crippen LogP contribution in [0, 0.1) is 11.3 Å². The quantitative estimate of drug-likeness (QED) is 0.184. The molecule has 10 rings (SSSR count). The first kappa shape index (κ1) is 29.5. The van der Waals surface area contributed by atoms with Crippen molar-refractivity contribution in [3.8, 4) is 51.6 Å². The Hall–Kier alpha value is -7.36. The molecule has 0 atom stereocenters. The van der Waals surface area contributed by atoms with Gasteiger partial charge in [-0.3, -0.25) is 0 Å².